The highest BCUT2D eigenvalue weighted by Crippen LogP contribution is 2.23. The molecule has 76 valence electrons. The van der Waals surface area contributed by atoms with Crippen LogP contribution in [0.2, 0.25) is 0 Å². The molecular weight excluding hydrogens is 164 g/mol. The molecule has 0 N–H and O–H groups in total. The Bertz CT molecular complexity index is 171. The summed E-state index contributed by atoms with van der Waals surface area (Å²) in [6.45, 7) is 10.3. The zero-order chi connectivity index (χ0) is 10.3. The van der Waals surface area contributed by atoms with Gasteiger partial charge in [0.1, 0.15) is 0 Å². The molecule has 13 heavy (non-hydrogen) atoms. The molecule has 0 amide bonds. The predicted molar refractivity (Wildman–Crippen MR) is 54.5 cm³/mol. The van der Waals surface area contributed by atoms with Crippen molar-refractivity contribution in [2.75, 3.05) is 6.61 Å². The minimum absolute atomic E-state index is 0.0950. The fourth-order valence-corrected chi connectivity index (χ4v) is 1.02. The van der Waals surface area contributed by atoms with E-state index in [1.807, 2.05) is 13.0 Å². The first-order chi connectivity index (χ1) is 6.02. The molecule has 2 nitrogen and oxygen atoms in total. The van der Waals surface area contributed by atoms with Crippen LogP contribution in [0.3, 0.4) is 0 Å². The first-order valence-corrected chi connectivity index (χ1v) is 4.81. The van der Waals surface area contributed by atoms with Crippen LogP contribution < -0.4 is 0 Å². The number of rotatable bonds is 6. The third kappa shape index (κ3) is 6.38. The van der Waals surface area contributed by atoms with Crippen molar-refractivity contribution < 1.29 is 9.53 Å². The molecule has 0 aromatic carbocycles. The number of esters is 1. The summed E-state index contributed by atoms with van der Waals surface area (Å²) in [4.78, 5) is 11.0. The molecule has 0 rings (SSSR count). The fraction of sp³-hybridized carbons (Fsp3) is 0.727. The molecule has 2 heteroatoms. The van der Waals surface area contributed by atoms with Gasteiger partial charge in [-0.3, -0.25) is 4.79 Å². The van der Waals surface area contributed by atoms with E-state index in [1.165, 1.54) is 0 Å². The average Bonchev–Trinajstić information content (AvgIpc) is 2.05. The fourth-order valence-electron chi connectivity index (χ4n) is 1.02. The summed E-state index contributed by atoms with van der Waals surface area (Å²) < 4.78 is 4.83. The first-order valence-electron chi connectivity index (χ1n) is 4.81. The molecule has 0 radical (unpaired) electrons. The predicted octanol–water partition coefficient (Wildman–Crippen LogP) is 2.93. The van der Waals surface area contributed by atoms with Crippen molar-refractivity contribution >= 4 is 5.97 Å². The van der Waals surface area contributed by atoms with Crippen molar-refractivity contribution in [2.24, 2.45) is 5.41 Å². The van der Waals surface area contributed by atoms with Crippen LogP contribution in [0.5, 0.6) is 0 Å². The number of carbonyl (C=O) groups is 1. The van der Waals surface area contributed by atoms with E-state index in [0.717, 1.165) is 12.8 Å². The monoisotopic (exact) mass is 184 g/mol. The van der Waals surface area contributed by atoms with Gasteiger partial charge in [0.15, 0.2) is 0 Å². The first kappa shape index (κ1) is 12.2. The molecule has 0 saturated heterocycles. The van der Waals surface area contributed by atoms with Crippen LogP contribution in [-0.2, 0) is 9.53 Å². The maximum atomic E-state index is 11.0. The zero-order valence-corrected chi connectivity index (χ0v) is 8.93. The van der Waals surface area contributed by atoms with Gasteiger partial charge in [-0.2, -0.15) is 0 Å². The summed E-state index contributed by atoms with van der Waals surface area (Å²) in [7, 11) is 0. The van der Waals surface area contributed by atoms with Gasteiger partial charge in [-0.25, -0.2) is 0 Å². The number of carbonyl (C=O) groups excluding carboxylic acids is 1. The Hall–Kier alpha value is -0.790. The Morgan fingerprint density at radius 3 is 2.62 bits per heavy atom. The van der Waals surface area contributed by atoms with Crippen LogP contribution >= 0.6 is 0 Å². The Kier molecular flexibility index (Phi) is 5.44. The van der Waals surface area contributed by atoms with Crippen molar-refractivity contribution in [1.82, 2.24) is 0 Å². The second-order valence-corrected chi connectivity index (χ2v) is 3.85. The standard InChI is InChI=1S/C11H20O2/c1-5-11(3,4)9-7-8-10(12)13-6-2/h5H,1,6-9H2,2-4H3. The maximum Gasteiger partial charge on any atom is 0.305 e. The van der Waals surface area contributed by atoms with E-state index in [2.05, 4.69) is 20.4 Å². The average molecular weight is 184 g/mol. The third-order valence-corrected chi connectivity index (χ3v) is 2.06. The molecule has 0 fully saturated rings. The smallest absolute Gasteiger partial charge is 0.305 e. The molecule has 0 aliphatic rings. The Labute approximate surface area is 81.0 Å². The van der Waals surface area contributed by atoms with Crippen molar-refractivity contribution in [1.29, 1.82) is 0 Å². The number of hydrogen-bond donors (Lipinski definition) is 0. The lowest BCUT2D eigenvalue weighted by Crippen LogP contribution is -2.09. The molecule has 0 saturated carbocycles. The molecule has 0 heterocycles. The normalized spacial score (nSPS) is 11.0. The van der Waals surface area contributed by atoms with E-state index in [1.54, 1.807) is 0 Å². The maximum absolute atomic E-state index is 11.0. The summed E-state index contributed by atoms with van der Waals surface area (Å²) in [5.41, 5.74) is 0.131. The summed E-state index contributed by atoms with van der Waals surface area (Å²) in [6, 6.07) is 0. The summed E-state index contributed by atoms with van der Waals surface area (Å²) >= 11 is 0. The highest BCUT2D eigenvalue weighted by Gasteiger charge is 2.13. The van der Waals surface area contributed by atoms with Gasteiger partial charge in [0.05, 0.1) is 6.61 Å². The van der Waals surface area contributed by atoms with Crippen LogP contribution in [0.4, 0.5) is 0 Å². The molecule has 0 spiro atoms. The van der Waals surface area contributed by atoms with Gasteiger partial charge in [-0.05, 0) is 25.2 Å². The summed E-state index contributed by atoms with van der Waals surface area (Å²) in [5.74, 6) is -0.0950. The Morgan fingerprint density at radius 1 is 1.54 bits per heavy atom. The van der Waals surface area contributed by atoms with Gasteiger partial charge in [0.25, 0.3) is 0 Å². The SMILES string of the molecule is C=CC(C)(C)CCCC(=O)OCC. The van der Waals surface area contributed by atoms with E-state index in [0.29, 0.717) is 13.0 Å². The second-order valence-electron chi connectivity index (χ2n) is 3.85. The van der Waals surface area contributed by atoms with E-state index in [-0.39, 0.29) is 11.4 Å². The second kappa shape index (κ2) is 5.79. The van der Waals surface area contributed by atoms with Gasteiger partial charge >= 0.3 is 5.97 Å². The number of hydrogen-bond acceptors (Lipinski definition) is 2. The Balaban J connectivity index is 3.55. The summed E-state index contributed by atoms with van der Waals surface area (Å²) in [5, 5.41) is 0. The van der Waals surface area contributed by atoms with Gasteiger partial charge in [0.2, 0.25) is 0 Å². The van der Waals surface area contributed by atoms with Crippen LogP contribution in [0.15, 0.2) is 12.7 Å². The van der Waals surface area contributed by atoms with Crippen LogP contribution in [-0.4, -0.2) is 12.6 Å². The number of allylic oxidation sites excluding steroid dienone is 1. The zero-order valence-electron chi connectivity index (χ0n) is 8.93. The molecular formula is C11H20O2. The topological polar surface area (TPSA) is 26.3 Å². The molecule has 0 bridgehead atoms. The van der Waals surface area contributed by atoms with Gasteiger partial charge in [-0.15, -0.1) is 6.58 Å². The van der Waals surface area contributed by atoms with Crippen molar-refractivity contribution in [2.45, 2.75) is 40.0 Å². The molecule has 0 aliphatic carbocycles. The highest BCUT2D eigenvalue weighted by atomic mass is 16.5. The third-order valence-electron chi connectivity index (χ3n) is 2.06. The number of ether oxygens (including phenoxy) is 1. The van der Waals surface area contributed by atoms with Crippen LogP contribution in [0.25, 0.3) is 0 Å². The van der Waals surface area contributed by atoms with Gasteiger partial charge in [-0.1, -0.05) is 19.9 Å². The van der Waals surface area contributed by atoms with Crippen LogP contribution in [0, 0.1) is 5.41 Å². The van der Waals surface area contributed by atoms with Crippen LogP contribution in [0.1, 0.15) is 40.0 Å². The summed E-state index contributed by atoms with van der Waals surface area (Å²) in [6.07, 6.45) is 4.30. The lowest BCUT2D eigenvalue weighted by molar-refractivity contribution is -0.143. The van der Waals surface area contributed by atoms with Crippen molar-refractivity contribution in [3.05, 3.63) is 12.7 Å². The van der Waals surface area contributed by atoms with E-state index in [9.17, 15) is 4.79 Å². The molecule has 0 aliphatic heterocycles. The molecule has 0 aromatic heterocycles. The quantitative estimate of drug-likeness (QED) is 0.468. The van der Waals surface area contributed by atoms with Crippen molar-refractivity contribution in [3.63, 3.8) is 0 Å². The van der Waals surface area contributed by atoms with Gasteiger partial charge < -0.3 is 4.74 Å². The van der Waals surface area contributed by atoms with Crippen molar-refractivity contribution in [3.8, 4) is 0 Å². The molecule has 0 unspecified atom stereocenters. The Morgan fingerprint density at radius 2 is 2.15 bits per heavy atom. The minimum Gasteiger partial charge on any atom is -0.466 e. The lowest BCUT2D eigenvalue weighted by atomic mass is 9.87. The molecule has 0 atom stereocenters. The molecule has 0 aromatic rings. The largest absolute Gasteiger partial charge is 0.466 e. The minimum atomic E-state index is -0.0950. The van der Waals surface area contributed by atoms with E-state index < -0.39 is 0 Å². The van der Waals surface area contributed by atoms with Gasteiger partial charge in [0, 0.05) is 6.42 Å². The lowest BCUT2D eigenvalue weighted by Gasteiger charge is -2.18. The van der Waals surface area contributed by atoms with E-state index in [4.69, 9.17) is 4.74 Å². The highest BCUT2D eigenvalue weighted by molar-refractivity contribution is 5.69. The van der Waals surface area contributed by atoms with E-state index >= 15 is 0 Å².